The highest BCUT2D eigenvalue weighted by atomic mass is 127. The molecule has 19 heavy (non-hydrogen) atoms. The van der Waals surface area contributed by atoms with Gasteiger partial charge in [0.2, 0.25) is 0 Å². The number of carbonyl (C=O) groups is 1. The normalized spacial score (nSPS) is 27.5. The summed E-state index contributed by atoms with van der Waals surface area (Å²) in [6.45, 7) is 9.31. The summed E-state index contributed by atoms with van der Waals surface area (Å²) in [5.74, 6) is -0.904. The van der Waals surface area contributed by atoms with Gasteiger partial charge in [-0.1, -0.05) is 22.6 Å². The fourth-order valence-corrected chi connectivity index (χ4v) is 2.51. The highest BCUT2D eigenvalue weighted by molar-refractivity contribution is 14.1. The molecular formula is C14H23IO4. The van der Waals surface area contributed by atoms with Gasteiger partial charge in [0.15, 0.2) is 5.79 Å². The van der Waals surface area contributed by atoms with Crippen molar-refractivity contribution in [2.24, 2.45) is 0 Å². The number of carbonyl (C=O) groups excluding carboxylic acids is 1. The van der Waals surface area contributed by atoms with Gasteiger partial charge in [0.05, 0.1) is 18.6 Å². The van der Waals surface area contributed by atoms with Crippen molar-refractivity contribution < 1.29 is 19.0 Å². The Balaban J connectivity index is 2.59. The molecule has 0 aromatic rings. The molecule has 5 heteroatoms. The van der Waals surface area contributed by atoms with E-state index in [9.17, 15) is 4.79 Å². The van der Waals surface area contributed by atoms with Crippen molar-refractivity contribution in [3.05, 3.63) is 10.2 Å². The molecule has 1 rings (SSSR count). The molecule has 0 bridgehead atoms. The first kappa shape index (κ1) is 16.9. The highest BCUT2D eigenvalue weighted by Gasteiger charge is 2.36. The zero-order valence-corrected chi connectivity index (χ0v) is 14.4. The lowest BCUT2D eigenvalue weighted by atomic mass is 10.1. The summed E-state index contributed by atoms with van der Waals surface area (Å²) in [5.41, 5.74) is -0.459. The van der Waals surface area contributed by atoms with Crippen LogP contribution in [0.4, 0.5) is 0 Å². The van der Waals surface area contributed by atoms with Gasteiger partial charge in [0.25, 0.3) is 0 Å². The van der Waals surface area contributed by atoms with Crippen LogP contribution in [0, 0.1) is 0 Å². The van der Waals surface area contributed by atoms with Gasteiger partial charge < -0.3 is 14.2 Å². The molecule has 0 aliphatic carbocycles. The second-order valence-electron chi connectivity index (χ2n) is 6.14. The third kappa shape index (κ3) is 6.72. The molecule has 1 aliphatic heterocycles. The van der Waals surface area contributed by atoms with E-state index in [0.717, 1.165) is 0 Å². The van der Waals surface area contributed by atoms with Crippen LogP contribution >= 0.6 is 22.6 Å². The number of hydrogen-bond acceptors (Lipinski definition) is 4. The van der Waals surface area contributed by atoms with E-state index in [1.807, 2.05) is 44.8 Å². The molecule has 0 spiro atoms. The monoisotopic (exact) mass is 382 g/mol. The summed E-state index contributed by atoms with van der Waals surface area (Å²) in [6.07, 6.45) is 2.72. The Morgan fingerprint density at radius 2 is 2.05 bits per heavy atom. The van der Waals surface area contributed by atoms with Crippen LogP contribution in [0.5, 0.6) is 0 Å². The van der Waals surface area contributed by atoms with Gasteiger partial charge in [-0.25, -0.2) is 0 Å². The van der Waals surface area contributed by atoms with Crippen molar-refractivity contribution in [1.82, 2.24) is 0 Å². The first-order chi connectivity index (χ1) is 8.61. The van der Waals surface area contributed by atoms with Crippen LogP contribution in [-0.4, -0.2) is 29.6 Å². The molecule has 0 saturated carbocycles. The topological polar surface area (TPSA) is 44.8 Å². The Bertz CT molecular complexity index is 344. The van der Waals surface area contributed by atoms with E-state index in [-0.39, 0.29) is 24.6 Å². The molecule has 4 nitrogen and oxygen atoms in total. The smallest absolute Gasteiger partial charge is 0.308 e. The Kier molecular flexibility index (Phi) is 5.82. The fraction of sp³-hybridized carbons (Fsp3) is 0.786. The maximum absolute atomic E-state index is 11.8. The summed E-state index contributed by atoms with van der Waals surface area (Å²) in [7, 11) is 0. The quantitative estimate of drug-likeness (QED) is 0.553. The van der Waals surface area contributed by atoms with E-state index in [4.69, 9.17) is 14.2 Å². The van der Waals surface area contributed by atoms with Crippen LogP contribution in [0.15, 0.2) is 10.2 Å². The molecule has 1 fully saturated rings. The SMILES string of the molecule is CC(C)(C)OC(=O)C[C@H]1C[C@@H](C=CI)OC(C)(C)O1. The van der Waals surface area contributed by atoms with Gasteiger partial charge in [-0.05, 0) is 44.8 Å². The molecular weight excluding hydrogens is 359 g/mol. The molecule has 0 aromatic heterocycles. The average molecular weight is 382 g/mol. The maximum Gasteiger partial charge on any atom is 0.308 e. The number of hydrogen-bond donors (Lipinski definition) is 0. The Hall–Kier alpha value is -0.140. The molecule has 1 saturated heterocycles. The van der Waals surface area contributed by atoms with Gasteiger partial charge in [0.1, 0.15) is 5.60 Å². The zero-order chi connectivity index (χ0) is 14.7. The van der Waals surface area contributed by atoms with Crippen molar-refractivity contribution in [3.63, 3.8) is 0 Å². The zero-order valence-electron chi connectivity index (χ0n) is 12.2. The molecule has 0 amide bonds. The standard InChI is InChI=1S/C14H23IO4/c1-13(2,3)19-12(16)9-11-8-10(6-7-15)17-14(4,5)18-11/h6-7,10-11H,8-9H2,1-5H3/t10-,11-/m1/s1. The van der Waals surface area contributed by atoms with Crippen LogP contribution in [0.2, 0.25) is 0 Å². The number of halogens is 1. The Morgan fingerprint density at radius 1 is 1.42 bits per heavy atom. The van der Waals surface area contributed by atoms with Crippen LogP contribution in [0.3, 0.4) is 0 Å². The van der Waals surface area contributed by atoms with Gasteiger partial charge in [0, 0.05) is 6.42 Å². The number of rotatable bonds is 3. The molecule has 1 heterocycles. The fourth-order valence-electron chi connectivity index (χ4n) is 2.04. The molecule has 0 N–H and O–H groups in total. The number of esters is 1. The first-order valence-electron chi connectivity index (χ1n) is 6.46. The minimum atomic E-state index is -0.675. The van der Waals surface area contributed by atoms with E-state index >= 15 is 0 Å². The molecule has 0 radical (unpaired) electrons. The van der Waals surface area contributed by atoms with Gasteiger partial charge in [-0.3, -0.25) is 4.79 Å². The van der Waals surface area contributed by atoms with Gasteiger partial charge >= 0.3 is 5.97 Å². The van der Waals surface area contributed by atoms with E-state index in [0.29, 0.717) is 6.42 Å². The van der Waals surface area contributed by atoms with Crippen molar-refractivity contribution in [2.45, 2.75) is 71.1 Å². The predicted octanol–water partition coefficient (Wildman–Crippen LogP) is 3.58. The van der Waals surface area contributed by atoms with Crippen molar-refractivity contribution in [2.75, 3.05) is 0 Å². The largest absolute Gasteiger partial charge is 0.460 e. The summed E-state index contributed by atoms with van der Waals surface area (Å²) in [4.78, 5) is 11.8. The highest BCUT2D eigenvalue weighted by Crippen LogP contribution is 2.29. The lowest BCUT2D eigenvalue weighted by Crippen LogP contribution is -2.45. The third-order valence-electron chi connectivity index (χ3n) is 2.48. The van der Waals surface area contributed by atoms with E-state index < -0.39 is 11.4 Å². The van der Waals surface area contributed by atoms with E-state index in [1.165, 1.54) is 0 Å². The van der Waals surface area contributed by atoms with Crippen LogP contribution in [-0.2, 0) is 19.0 Å². The van der Waals surface area contributed by atoms with E-state index in [2.05, 4.69) is 22.6 Å². The Labute approximate surface area is 129 Å². The summed E-state index contributed by atoms with van der Waals surface area (Å²) in [5, 5.41) is 0. The van der Waals surface area contributed by atoms with E-state index in [1.54, 1.807) is 0 Å². The van der Waals surface area contributed by atoms with Crippen molar-refractivity contribution in [1.29, 1.82) is 0 Å². The predicted molar refractivity (Wildman–Crippen MR) is 82.1 cm³/mol. The second kappa shape index (κ2) is 6.54. The molecule has 0 aromatic carbocycles. The molecule has 1 aliphatic rings. The minimum absolute atomic E-state index is 0.0203. The molecule has 110 valence electrons. The number of ether oxygens (including phenoxy) is 3. The molecule has 0 unspecified atom stereocenters. The van der Waals surface area contributed by atoms with Crippen molar-refractivity contribution in [3.8, 4) is 0 Å². The summed E-state index contributed by atoms with van der Waals surface area (Å²) in [6, 6.07) is 0. The van der Waals surface area contributed by atoms with Gasteiger partial charge in [-0.15, -0.1) is 0 Å². The second-order valence-corrected chi connectivity index (χ2v) is 6.86. The van der Waals surface area contributed by atoms with Crippen LogP contribution < -0.4 is 0 Å². The Morgan fingerprint density at radius 3 is 2.58 bits per heavy atom. The van der Waals surface area contributed by atoms with Gasteiger partial charge in [-0.2, -0.15) is 0 Å². The third-order valence-corrected chi connectivity index (χ3v) is 2.90. The maximum atomic E-state index is 11.8. The lowest BCUT2D eigenvalue weighted by molar-refractivity contribution is -0.290. The first-order valence-corrected chi connectivity index (χ1v) is 7.70. The van der Waals surface area contributed by atoms with Crippen molar-refractivity contribution >= 4 is 28.6 Å². The van der Waals surface area contributed by atoms with Crippen LogP contribution in [0.1, 0.15) is 47.5 Å². The average Bonchev–Trinajstić information content (AvgIpc) is 2.10. The summed E-state index contributed by atoms with van der Waals surface area (Å²) < 4.78 is 18.8. The summed E-state index contributed by atoms with van der Waals surface area (Å²) >= 11 is 2.16. The molecule has 2 atom stereocenters. The lowest BCUT2D eigenvalue weighted by Gasteiger charge is -2.39. The van der Waals surface area contributed by atoms with Crippen LogP contribution in [0.25, 0.3) is 0 Å². The minimum Gasteiger partial charge on any atom is -0.460 e.